The summed E-state index contributed by atoms with van der Waals surface area (Å²) in [5.74, 6) is 2.09. The summed E-state index contributed by atoms with van der Waals surface area (Å²) >= 11 is 0. The molecule has 104 valence electrons. The molecule has 0 unspecified atom stereocenters. The van der Waals surface area contributed by atoms with Crippen molar-refractivity contribution in [3.8, 4) is 0 Å². The molecule has 0 N–H and O–H groups in total. The van der Waals surface area contributed by atoms with Crippen LogP contribution in [0.3, 0.4) is 0 Å². The van der Waals surface area contributed by atoms with E-state index in [-0.39, 0.29) is 11.5 Å². The molecule has 3 aliphatic rings. The van der Waals surface area contributed by atoms with Gasteiger partial charge in [0.15, 0.2) is 6.10 Å². The van der Waals surface area contributed by atoms with Gasteiger partial charge in [-0.15, -0.1) is 0 Å². The summed E-state index contributed by atoms with van der Waals surface area (Å²) in [6.07, 6.45) is 8.65. The van der Waals surface area contributed by atoms with Gasteiger partial charge >= 0.3 is 0 Å². The number of hydrogen-bond donors (Lipinski definition) is 0. The van der Waals surface area contributed by atoms with Crippen LogP contribution >= 0.6 is 0 Å². The van der Waals surface area contributed by atoms with Gasteiger partial charge in [0, 0.05) is 17.3 Å². The lowest BCUT2D eigenvalue weighted by Crippen LogP contribution is -2.25. The summed E-state index contributed by atoms with van der Waals surface area (Å²) < 4.78 is 11.8. The van der Waals surface area contributed by atoms with Crippen LogP contribution in [-0.2, 0) is 9.47 Å². The highest BCUT2D eigenvalue weighted by molar-refractivity contribution is 5.40. The molecule has 1 fully saturated rings. The molecule has 20 heavy (non-hydrogen) atoms. The second-order valence-corrected chi connectivity index (χ2v) is 6.24. The van der Waals surface area contributed by atoms with E-state index in [1.54, 1.807) is 0 Å². The predicted octanol–water partition coefficient (Wildman–Crippen LogP) is 4.01. The quantitative estimate of drug-likeness (QED) is 0.806. The molecule has 2 heteroatoms. The average Bonchev–Trinajstić information content (AvgIpc) is 3.15. The highest BCUT2D eigenvalue weighted by Gasteiger charge is 2.66. The third-order valence-electron chi connectivity index (χ3n) is 5.02. The SMILES string of the molecule is C[C@@]12C=CO[C@H](C3=CCCCO3)[C@@H]1[C@@H]2c1ccccc1. The maximum atomic E-state index is 5.91. The number of allylic oxidation sites excluding steroid dienone is 2. The minimum Gasteiger partial charge on any atom is -0.494 e. The zero-order valence-corrected chi connectivity index (χ0v) is 11.8. The zero-order valence-electron chi connectivity index (χ0n) is 11.8. The van der Waals surface area contributed by atoms with Gasteiger partial charge in [0.25, 0.3) is 0 Å². The van der Waals surface area contributed by atoms with Crippen molar-refractivity contribution in [2.24, 2.45) is 11.3 Å². The van der Waals surface area contributed by atoms with E-state index in [1.165, 1.54) is 5.56 Å². The lowest BCUT2D eigenvalue weighted by molar-refractivity contribution is 0.0516. The van der Waals surface area contributed by atoms with Crippen LogP contribution < -0.4 is 0 Å². The third-order valence-corrected chi connectivity index (χ3v) is 5.02. The van der Waals surface area contributed by atoms with Crippen LogP contribution in [0.4, 0.5) is 0 Å². The summed E-state index contributed by atoms with van der Waals surface area (Å²) in [5, 5.41) is 0. The minimum absolute atomic E-state index is 0.0931. The van der Waals surface area contributed by atoms with Gasteiger partial charge < -0.3 is 9.47 Å². The van der Waals surface area contributed by atoms with Crippen molar-refractivity contribution < 1.29 is 9.47 Å². The molecule has 0 amide bonds. The summed E-state index contributed by atoms with van der Waals surface area (Å²) in [4.78, 5) is 0. The predicted molar refractivity (Wildman–Crippen MR) is 78.1 cm³/mol. The first-order chi connectivity index (χ1) is 9.81. The molecule has 1 aromatic rings. The van der Waals surface area contributed by atoms with Crippen molar-refractivity contribution in [3.05, 3.63) is 60.1 Å². The van der Waals surface area contributed by atoms with Crippen LogP contribution in [0.5, 0.6) is 0 Å². The molecule has 1 saturated carbocycles. The summed E-state index contributed by atoms with van der Waals surface area (Å²) in [6, 6.07) is 10.8. The third kappa shape index (κ3) is 1.71. The van der Waals surface area contributed by atoms with E-state index < -0.39 is 0 Å². The Bertz CT molecular complexity index is 560. The van der Waals surface area contributed by atoms with Crippen molar-refractivity contribution >= 4 is 0 Å². The largest absolute Gasteiger partial charge is 0.494 e. The molecule has 1 aliphatic carbocycles. The van der Waals surface area contributed by atoms with E-state index in [1.807, 2.05) is 6.26 Å². The Kier molecular flexibility index (Phi) is 2.66. The lowest BCUT2D eigenvalue weighted by atomic mass is 9.98. The van der Waals surface area contributed by atoms with Gasteiger partial charge in [0.2, 0.25) is 0 Å². The van der Waals surface area contributed by atoms with E-state index >= 15 is 0 Å². The molecule has 0 aromatic heterocycles. The first kappa shape index (κ1) is 12.1. The average molecular weight is 268 g/mol. The van der Waals surface area contributed by atoms with E-state index in [0.29, 0.717) is 11.8 Å². The molecule has 4 atom stereocenters. The molecular formula is C18H20O2. The van der Waals surface area contributed by atoms with Crippen molar-refractivity contribution in [1.82, 2.24) is 0 Å². The van der Waals surface area contributed by atoms with E-state index in [2.05, 4.69) is 49.4 Å². The Labute approximate surface area is 120 Å². The molecular weight excluding hydrogens is 248 g/mol. The van der Waals surface area contributed by atoms with Crippen molar-refractivity contribution in [1.29, 1.82) is 0 Å². The number of rotatable bonds is 2. The molecule has 2 nitrogen and oxygen atoms in total. The van der Waals surface area contributed by atoms with E-state index in [0.717, 1.165) is 25.2 Å². The Hall–Kier alpha value is -1.70. The summed E-state index contributed by atoms with van der Waals surface area (Å²) in [5.41, 5.74) is 1.63. The van der Waals surface area contributed by atoms with E-state index in [4.69, 9.17) is 9.47 Å². The van der Waals surface area contributed by atoms with Crippen molar-refractivity contribution in [3.63, 3.8) is 0 Å². The van der Waals surface area contributed by atoms with E-state index in [9.17, 15) is 0 Å². The maximum absolute atomic E-state index is 5.91. The van der Waals surface area contributed by atoms with Crippen LogP contribution in [0.25, 0.3) is 0 Å². The van der Waals surface area contributed by atoms with Gasteiger partial charge in [-0.25, -0.2) is 0 Å². The fourth-order valence-electron chi connectivity index (χ4n) is 3.88. The molecule has 0 spiro atoms. The molecule has 0 saturated heterocycles. The summed E-state index contributed by atoms with van der Waals surface area (Å²) in [7, 11) is 0. The van der Waals surface area contributed by atoms with Crippen LogP contribution in [-0.4, -0.2) is 12.7 Å². The number of hydrogen-bond acceptors (Lipinski definition) is 2. The molecule has 1 aromatic carbocycles. The second-order valence-electron chi connectivity index (χ2n) is 6.24. The number of ether oxygens (including phenoxy) is 2. The first-order valence-corrected chi connectivity index (χ1v) is 7.52. The minimum atomic E-state index is 0.0931. The maximum Gasteiger partial charge on any atom is 0.158 e. The lowest BCUT2D eigenvalue weighted by Gasteiger charge is -2.27. The fraction of sp³-hybridized carbons (Fsp3) is 0.444. The number of benzene rings is 1. The number of fused-ring (bicyclic) bond motifs is 1. The molecule has 2 heterocycles. The highest BCUT2D eigenvalue weighted by atomic mass is 16.5. The van der Waals surface area contributed by atoms with Gasteiger partial charge in [-0.3, -0.25) is 0 Å². The Morgan fingerprint density at radius 3 is 2.80 bits per heavy atom. The second kappa shape index (κ2) is 4.41. The van der Waals surface area contributed by atoms with Crippen LogP contribution in [0.2, 0.25) is 0 Å². The summed E-state index contributed by atoms with van der Waals surface area (Å²) in [6.45, 7) is 3.17. The Balaban J connectivity index is 1.66. The fourth-order valence-corrected chi connectivity index (χ4v) is 3.88. The van der Waals surface area contributed by atoms with Gasteiger partial charge in [-0.05, 0) is 30.6 Å². The molecule has 0 radical (unpaired) electrons. The van der Waals surface area contributed by atoms with Crippen molar-refractivity contribution in [2.45, 2.75) is 31.8 Å². The van der Waals surface area contributed by atoms with Gasteiger partial charge in [-0.1, -0.05) is 37.3 Å². The topological polar surface area (TPSA) is 18.5 Å². The zero-order chi connectivity index (χ0) is 13.6. The Morgan fingerprint density at radius 2 is 2.05 bits per heavy atom. The van der Waals surface area contributed by atoms with Crippen molar-refractivity contribution in [2.75, 3.05) is 6.61 Å². The van der Waals surface area contributed by atoms with Gasteiger partial charge in [0.05, 0.1) is 12.9 Å². The smallest absolute Gasteiger partial charge is 0.158 e. The first-order valence-electron chi connectivity index (χ1n) is 7.52. The molecule has 2 aliphatic heterocycles. The molecule has 0 bridgehead atoms. The molecule has 4 rings (SSSR count). The Morgan fingerprint density at radius 1 is 1.20 bits per heavy atom. The van der Waals surface area contributed by atoms with Crippen LogP contribution in [0.15, 0.2) is 54.5 Å². The van der Waals surface area contributed by atoms with Gasteiger partial charge in [0.1, 0.15) is 5.76 Å². The van der Waals surface area contributed by atoms with Gasteiger partial charge in [-0.2, -0.15) is 0 Å². The highest BCUT2D eigenvalue weighted by Crippen LogP contribution is 2.69. The standard InChI is InChI=1S/C18H20O2/c1-18-10-12-20-17(14-9-5-6-11-19-14)16(18)15(18)13-7-3-2-4-8-13/h2-4,7-10,12,15-17H,5-6,11H2,1H3/t15-,16-,17+,18-/m0/s1. The normalized spacial score (nSPS) is 38.2. The van der Waals surface area contributed by atoms with Crippen LogP contribution in [0.1, 0.15) is 31.2 Å². The monoisotopic (exact) mass is 268 g/mol. The van der Waals surface area contributed by atoms with Crippen LogP contribution in [0, 0.1) is 11.3 Å².